The fourth-order valence-electron chi connectivity index (χ4n) is 1.82. The number of aryl methyl sites for hydroxylation is 2. The number of carbonyl (C=O) groups is 1. The van der Waals surface area contributed by atoms with Gasteiger partial charge in [0.25, 0.3) is 5.56 Å². The van der Waals surface area contributed by atoms with E-state index in [0.29, 0.717) is 0 Å². The molecule has 2 N–H and O–H groups in total. The second-order valence-corrected chi connectivity index (χ2v) is 5.36. The average Bonchev–Trinajstić information content (AvgIpc) is 2.36. The van der Waals surface area contributed by atoms with Crippen LogP contribution in [0.4, 0.5) is 11.4 Å². The van der Waals surface area contributed by atoms with E-state index in [0.717, 1.165) is 15.7 Å². The molecule has 1 heterocycles. The minimum atomic E-state index is -1.09. The number of nitrogens with one attached hydrogen (secondary N) is 1. The van der Waals surface area contributed by atoms with Gasteiger partial charge in [0, 0.05) is 29.5 Å². The maximum atomic E-state index is 11.7. The summed E-state index contributed by atoms with van der Waals surface area (Å²) < 4.78 is 2.17. The summed E-state index contributed by atoms with van der Waals surface area (Å²) in [7, 11) is 1.52. The third-order valence-electron chi connectivity index (χ3n) is 2.92. The normalized spacial score (nSPS) is 10.3. The van der Waals surface area contributed by atoms with Crippen LogP contribution in [0.1, 0.15) is 15.9 Å². The maximum absolute atomic E-state index is 11.7. The number of hydrogen-bond donors (Lipinski definition) is 2. The molecule has 1 aromatic carbocycles. The molecule has 0 fully saturated rings. The zero-order chi connectivity index (χ0) is 14.9. The van der Waals surface area contributed by atoms with E-state index in [2.05, 4.69) is 21.2 Å². The number of anilines is 2. The summed E-state index contributed by atoms with van der Waals surface area (Å²) in [5.74, 6) is -1.09. The lowest BCUT2D eigenvalue weighted by atomic mass is 10.1. The first-order chi connectivity index (χ1) is 9.38. The van der Waals surface area contributed by atoms with Crippen LogP contribution in [-0.2, 0) is 7.05 Å². The number of aromatic nitrogens is 1. The number of benzene rings is 1. The predicted molar refractivity (Wildman–Crippen MR) is 80.8 cm³/mol. The van der Waals surface area contributed by atoms with Gasteiger partial charge in [0.1, 0.15) is 0 Å². The van der Waals surface area contributed by atoms with Crippen molar-refractivity contribution in [2.45, 2.75) is 6.92 Å². The molecule has 0 amide bonds. The Labute approximate surface area is 124 Å². The van der Waals surface area contributed by atoms with Crippen LogP contribution >= 0.6 is 15.9 Å². The standard InChI is InChI=1S/C14H13BrN2O3/c1-8-5-9(15)3-4-11(8)16-12-6-13(18)17(2)7-10(12)14(19)20/h3-7,16H,1-2H3,(H,19,20). The van der Waals surface area contributed by atoms with Crippen LogP contribution in [0.3, 0.4) is 0 Å². The molecule has 0 unspecified atom stereocenters. The third kappa shape index (κ3) is 2.91. The monoisotopic (exact) mass is 336 g/mol. The van der Waals surface area contributed by atoms with E-state index in [4.69, 9.17) is 0 Å². The zero-order valence-corrected chi connectivity index (χ0v) is 12.6. The van der Waals surface area contributed by atoms with Gasteiger partial charge in [-0.15, -0.1) is 0 Å². The molecule has 104 valence electrons. The molecule has 6 heteroatoms. The van der Waals surface area contributed by atoms with Crippen LogP contribution in [0.25, 0.3) is 0 Å². The molecule has 0 bridgehead atoms. The number of nitrogens with zero attached hydrogens (tertiary/aromatic N) is 1. The number of rotatable bonds is 3. The summed E-state index contributed by atoms with van der Waals surface area (Å²) in [6, 6.07) is 6.86. The lowest BCUT2D eigenvalue weighted by Crippen LogP contribution is -2.19. The number of halogens is 1. The molecule has 0 aliphatic heterocycles. The van der Waals surface area contributed by atoms with Gasteiger partial charge in [0.05, 0.1) is 11.3 Å². The van der Waals surface area contributed by atoms with Gasteiger partial charge >= 0.3 is 5.97 Å². The summed E-state index contributed by atoms with van der Waals surface area (Å²) in [6.07, 6.45) is 1.31. The van der Waals surface area contributed by atoms with E-state index in [9.17, 15) is 14.7 Å². The minimum absolute atomic E-state index is 0.0504. The summed E-state index contributed by atoms with van der Waals surface area (Å²) in [5.41, 5.74) is 1.76. The van der Waals surface area contributed by atoms with Crippen molar-refractivity contribution in [3.8, 4) is 0 Å². The average molecular weight is 337 g/mol. The van der Waals surface area contributed by atoms with Crippen LogP contribution in [0.2, 0.25) is 0 Å². The van der Waals surface area contributed by atoms with E-state index < -0.39 is 5.97 Å². The predicted octanol–water partition coefficient (Wildman–Crippen LogP) is 2.90. The highest BCUT2D eigenvalue weighted by Gasteiger charge is 2.13. The van der Waals surface area contributed by atoms with Crippen LogP contribution in [0.15, 0.2) is 39.7 Å². The summed E-state index contributed by atoms with van der Waals surface area (Å²) in [6.45, 7) is 1.90. The van der Waals surface area contributed by atoms with E-state index in [1.807, 2.05) is 25.1 Å². The second kappa shape index (κ2) is 5.50. The molecule has 0 atom stereocenters. The van der Waals surface area contributed by atoms with Gasteiger partial charge in [-0.1, -0.05) is 15.9 Å². The smallest absolute Gasteiger partial charge is 0.339 e. The molecule has 0 aliphatic carbocycles. The molecule has 2 aromatic rings. The van der Waals surface area contributed by atoms with E-state index in [-0.39, 0.29) is 16.8 Å². The Bertz CT molecular complexity index is 738. The van der Waals surface area contributed by atoms with Crippen molar-refractivity contribution in [1.29, 1.82) is 0 Å². The highest BCUT2D eigenvalue weighted by Crippen LogP contribution is 2.25. The third-order valence-corrected chi connectivity index (χ3v) is 3.41. The molecule has 0 spiro atoms. The first-order valence-electron chi connectivity index (χ1n) is 5.85. The van der Waals surface area contributed by atoms with Crippen molar-refractivity contribution >= 4 is 33.3 Å². The Morgan fingerprint density at radius 2 is 2.00 bits per heavy atom. The summed E-state index contributed by atoms with van der Waals surface area (Å²) >= 11 is 3.37. The molecule has 0 radical (unpaired) electrons. The number of carboxylic acid groups (broad SMARTS) is 1. The Balaban J connectivity index is 2.50. The summed E-state index contributed by atoms with van der Waals surface area (Å²) in [4.78, 5) is 22.9. The van der Waals surface area contributed by atoms with Crippen molar-refractivity contribution in [3.63, 3.8) is 0 Å². The van der Waals surface area contributed by atoms with Gasteiger partial charge in [-0.25, -0.2) is 4.79 Å². The molecule has 0 aliphatic rings. The van der Waals surface area contributed by atoms with Crippen LogP contribution in [0, 0.1) is 6.92 Å². The fraction of sp³-hybridized carbons (Fsp3) is 0.143. The number of pyridine rings is 1. The van der Waals surface area contributed by atoms with Gasteiger partial charge in [-0.2, -0.15) is 0 Å². The molecule has 2 rings (SSSR count). The van der Waals surface area contributed by atoms with Crippen LogP contribution < -0.4 is 10.9 Å². The van der Waals surface area contributed by atoms with E-state index in [1.54, 1.807) is 0 Å². The van der Waals surface area contributed by atoms with E-state index in [1.165, 1.54) is 23.9 Å². The quantitative estimate of drug-likeness (QED) is 0.903. The van der Waals surface area contributed by atoms with Gasteiger partial charge in [0.15, 0.2) is 0 Å². The Morgan fingerprint density at radius 3 is 2.60 bits per heavy atom. The number of aromatic carboxylic acids is 1. The lowest BCUT2D eigenvalue weighted by Gasteiger charge is -2.13. The maximum Gasteiger partial charge on any atom is 0.339 e. The van der Waals surface area contributed by atoms with Crippen molar-refractivity contribution in [2.75, 3.05) is 5.32 Å². The van der Waals surface area contributed by atoms with Gasteiger partial charge in [-0.05, 0) is 30.7 Å². The van der Waals surface area contributed by atoms with Crippen molar-refractivity contribution in [3.05, 3.63) is 56.4 Å². The van der Waals surface area contributed by atoms with Crippen molar-refractivity contribution < 1.29 is 9.90 Å². The second-order valence-electron chi connectivity index (χ2n) is 4.44. The molecule has 1 aromatic heterocycles. The van der Waals surface area contributed by atoms with Crippen LogP contribution in [-0.4, -0.2) is 15.6 Å². The van der Waals surface area contributed by atoms with Crippen LogP contribution in [0.5, 0.6) is 0 Å². The molecular formula is C14H13BrN2O3. The molecule has 0 saturated heterocycles. The fourth-order valence-corrected chi connectivity index (χ4v) is 2.29. The topological polar surface area (TPSA) is 71.3 Å². The van der Waals surface area contributed by atoms with Gasteiger partial charge in [0.2, 0.25) is 0 Å². The first-order valence-corrected chi connectivity index (χ1v) is 6.65. The van der Waals surface area contributed by atoms with Gasteiger partial charge < -0.3 is 15.0 Å². The largest absolute Gasteiger partial charge is 0.478 e. The Morgan fingerprint density at radius 1 is 1.30 bits per heavy atom. The van der Waals surface area contributed by atoms with Crippen molar-refractivity contribution in [2.24, 2.45) is 7.05 Å². The SMILES string of the molecule is Cc1cc(Br)ccc1Nc1cc(=O)n(C)cc1C(=O)O. The molecule has 0 saturated carbocycles. The van der Waals surface area contributed by atoms with Gasteiger partial charge in [-0.3, -0.25) is 4.79 Å². The zero-order valence-electron chi connectivity index (χ0n) is 11.0. The molecule has 20 heavy (non-hydrogen) atoms. The van der Waals surface area contributed by atoms with Crippen molar-refractivity contribution in [1.82, 2.24) is 4.57 Å². The lowest BCUT2D eigenvalue weighted by molar-refractivity contribution is 0.0697. The summed E-state index contributed by atoms with van der Waals surface area (Å²) in [5, 5.41) is 12.2. The highest BCUT2D eigenvalue weighted by atomic mass is 79.9. The Kier molecular flexibility index (Phi) is 3.94. The number of hydrogen-bond acceptors (Lipinski definition) is 3. The molecule has 5 nitrogen and oxygen atoms in total. The molecular weight excluding hydrogens is 324 g/mol. The minimum Gasteiger partial charge on any atom is -0.478 e. The number of carboxylic acids is 1. The van der Waals surface area contributed by atoms with E-state index >= 15 is 0 Å². The highest BCUT2D eigenvalue weighted by molar-refractivity contribution is 9.10. The first kappa shape index (κ1) is 14.3. The Hall–Kier alpha value is -2.08.